The van der Waals surface area contributed by atoms with E-state index in [1.807, 2.05) is 24.3 Å². The molecule has 0 saturated carbocycles. The second-order valence-electron chi connectivity index (χ2n) is 5.99. The van der Waals surface area contributed by atoms with Gasteiger partial charge in [0.1, 0.15) is 0 Å². The van der Waals surface area contributed by atoms with Gasteiger partial charge >= 0.3 is 0 Å². The molecule has 0 aromatic heterocycles. The molecule has 2 bridgehead atoms. The highest BCUT2D eigenvalue weighted by Gasteiger charge is 2.54. The van der Waals surface area contributed by atoms with Crippen molar-refractivity contribution in [2.45, 2.75) is 24.8 Å². The van der Waals surface area contributed by atoms with Gasteiger partial charge in [-0.25, -0.2) is 0 Å². The average Bonchev–Trinajstić information content (AvgIpc) is 2.55. The Bertz CT molecular complexity index is 581. The highest BCUT2D eigenvalue weighted by atomic mass is 16.7. The van der Waals surface area contributed by atoms with Gasteiger partial charge in [-0.15, -0.1) is 0 Å². The topological polar surface area (TPSA) is 64.8 Å². The van der Waals surface area contributed by atoms with E-state index in [9.17, 15) is 4.79 Å². The van der Waals surface area contributed by atoms with Crippen LogP contribution in [-0.4, -0.2) is 43.4 Å². The Labute approximate surface area is 130 Å². The van der Waals surface area contributed by atoms with Crippen LogP contribution in [0.2, 0.25) is 0 Å². The number of primary amides is 1. The number of hydrogen-bond acceptors (Lipinski definition) is 4. The van der Waals surface area contributed by atoms with Crippen molar-refractivity contribution < 1.29 is 14.3 Å². The predicted molar refractivity (Wildman–Crippen MR) is 82.8 cm³/mol. The van der Waals surface area contributed by atoms with Crippen LogP contribution in [0.3, 0.4) is 0 Å². The van der Waals surface area contributed by atoms with E-state index < -0.39 is 11.7 Å². The van der Waals surface area contributed by atoms with Crippen molar-refractivity contribution in [1.82, 2.24) is 4.90 Å². The van der Waals surface area contributed by atoms with E-state index in [1.54, 1.807) is 14.2 Å². The number of rotatable bonds is 5. The van der Waals surface area contributed by atoms with Gasteiger partial charge in [0.2, 0.25) is 5.91 Å². The zero-order chi connectivity index (χ0) is 15.7. The second-order valence-corrected chi connectivity index (χ2v) is 5.99. The highest BCUT2D eigenvalue weighted by molar-refractivity contribution is 5.94. The van der Waals surface area contributed by atoms with Crippen LogP contribution in [0, 0.1) is 5.92 Å². The summed E-state index contributed by atoms with van der Waals surface area (Å²) in [6.45, 7) is 1.62. The fourth-order valence-electron chi connectivity index (χ4n) is 3.78. The lowest BCUT2D eigenvalue weighted by molar-refractivity contribution is -0.264. The van der Waals surface area contributed by atoms with E-state index in [-0.39, 0.29) is 12.0 Å². The first-order valence-electron chi connectivity index (χ1n) is 7.49. The number of fused-ring (bicyclic) bond motifs is 2. The molecule has 22 heavy (non-hydrogen) atoms. The molecule has 1 aliphatic carbocycles. The number of nitrogens with zero attached hydrogens (tertiary/aromatic N) is 1. The molecule has 1 fully saturated rings. The van der Waals surface area contributed by atoms with Crippen LogP contribution in [0.5, 0.6) is 0 Å². The van der Waals surface area contributed by atoms with Crippen LogP contribution >= 0.6 is 0 Å². The Hall–Kier alpha value is -1.69. The van der Waals surface area contributed by atoms with Crippen LogP contribution in [-0.2, 0) is 20.8 Å². The Morgan fingerprint density at radius 1 is 1.32 bits per heavy atom. The monoisotopic (exact) mass is 302 g/mol. The molecule has 2 N–H and O–H groups in total. The van der Waals surface area contributed by atoms with Crippen molar-refractivity contribution in [2.24, 2.45) is 11.7 Å². The number of piperidine rings is 1. The molecule has 0 spiro atoms. The number of amides is 1. The van der Waals surface area contributed by atoms with Crippen molar-refractivity contribution in [1.29, 1.82) is 0 Å². The number of carbonyl (C=O) groups excluding carboxylic acids is 1. The Kier molecular flexibility index (Phi) is 4.04. The van der Waals surface area contributed by atoms with Gasteiger partial charge in [-0.3, -0.25) is 9.69 Å². The minimum absolute atomic E-state index is 0.205. The van der Waals surface area contributed by atoms with Gasteiger partial charge in [0.15, 0.2) is 5.79 Å². The minimum Gasteiger partial charge on any atom is -0.366 e. The van der Waals surface area contributed by atoms with Crippen LogP contribution < -0.4 is 5.73 Å². The molecular formula is C17H22N2O3. The fourth-order valence-corrected chi connectivity index (χ4v) is 3.78. The quantitative estimate of drug-likeness (QED) is 0.833. The highest BCUT2D eigenvalue weighted by Crippen LogP contribution is 2.44. The molecule has 2 heterocycles. The van der Waals surface area contributed by atoms with Crippen LogP contribution in [0.1, 0.15) is 12.0 Å². The zero-order valence-corrected chi connectivity index (χ0v) is 13.0. The summed E-state index contributed by atoms with van der Waals surface area (Å²) < 4.78 is 11.4. The number of benzene rings is 1. The van der Waals surface area contributed by atoms with Crippen LogP contribution in [0.25, 0.3) is 0 Å². The largest absolute Gasteiger partial charge is 0.366 e. The van der Waals surface area contributed by atoms with Gasteiger partial charge in [-0.2, -0.15) is 0 Å². The molecule has 1 unspecified atom stereocenters. The smallest absolute Gasteiger partial charge is 0.246 e. The first-order chi connectivity index (χ1) is 10.6. The Morgan fingerprint density at radius 2 is 2.00 bits per heavy atom. The lowest BCUT2D eigenvalue weighted by Crippen LogP contribution is -2.65. The van der Waals surface area contributed by atoms with Crippen molar-refractivity contribution in [2.75, 3.05) is 20.8 Å². The SMILES string of the molecule is COC1(OC)CC2C=C(C(N)=O)[C@@H]1N(Cc1ccccc1)C2. The van der Waals surface area contributed by atoms with Gasteiger partial charge in [-0.05, 0) is 11.5 Å². The molecule has 1 saturated heterocycles. The van der Waals surface area contributed by atoms with Gasteiger partial charge in [0.25, 0.3) is 0 Å². The van der Waals surface area contributed by atoms with Crippen LogP contribution in [0.15, 0.2) is 42.0 Å². The van der Waals surface area contributed by atoms with Gasteiger partial charge in [0.05, 0.1) is 6.04 Å². The number of ether oxygens (including phenoxy) is 2. The van der Waals surface area contributed by atoms with Gasteiger partial charge < -0.3 is 15.2 Å². The van der Waals surface area contributed by atoms with Crippen molar-refractivity contribution in [3.05, 3.63) is 47.5 Å². The summed E-state index contributed by atoms with van der Waals surface area (Å²) in [7, 11) is 3.26. The maximum absolute atomic E-state index is 11.9. The second kappa shape index (κ2) is 5.83. The fraction of sp³-hybridized carbons (Fsp3) is 0.471. The third kappa shape index (κ3) is 2.45. The normalized spacial score (nSPS) is 26.7. The molecule has 2 aliphatic heterocycles. The molecule has 5 nitrogen and oxygen atoms in total. The molecule has 118 valence electrons. The lowest BCUT2D eigenvalue weighted by atomic mass is 9.75. The average molecular weight is 302 g/mol. The van der Waals surface area contributed by atoms with Gasteiger partial charge in [0, 0.05) is 39.3 Å². The number of methoxy groups -OCH3 is 2. The minimum atomic E-state index is -0.809. The van der Waals surface area contributed by atoms with E-state index >= 15 is 0 Å². The number of nitrogens with two attached hydrogens (primary N) is 1. The van der Waals surface area contributed by atoms with Crippen molar-refractivity contribution in [3.8, 4) is 0 Å². The summed E-state index contributed by atoms with van der Waals surface area (Å²) in [6, 6.07) is 9.92. The Morgan fingerprint density at radius 3 is 2.59 bits per heavy atom. The number of hydrogen-bond donors (Lipinski definition) is 1. The third-order valence-electron chi connectivity index (χ3n) is 4.71. The standard InChI is InChI=1S/C17H22N2O3/c1-21-17(22-2)9-13-8-14(16(18)20)15(17)19(11-13)10-12-6-4-3-5-7-12/h3-8,13,15H,9-11H2,1-2H3,(H2,18,20)/t13?,15-/m0/s1. The van der Waals surface area contributed by atoms with Crippen LogP contribution in [0.4, 0.5) is 0 Å². The van der Waals surface area contributed by atoms with E-state index in [1.165, 1.54) is 5.56 Å². The molecule has 1 aromatic carbocycles. The van der Waals surface area contributed by atoms with E-state index in [0.717, 1.165) is 19.5 Å². The van der Waals surface area contributed by atoms with Crippen molar-refractivity contribution >= 4 is 5.91 Å². The first kappa shape index (κ1) is 15.2. The van der Waals surface area contributed by atoms with E-state index in [2.05, 4.69) is 17.0 Å². The number of carbonyl (C=O) groups is 1. The molecule has 3 aliphatic rings. The molecular weight excluding hydrogens is 280 g/mol. The summed E-state index contributed by atoms with van der Waals surface area (Å²) in [5, 5.41) is 0. The molecule has 2 atom stereocenters. The lowest BCUT2D eigenvalue weighted by Gasteiger charge is -2.53. The summed E-state index contributed by atoms with van der Waals surface area (Å²) in [5.41, 5.74) is 7.39. The van der Waals surface area contributed by atoms with E-state index in [0.29, 0.717) is 5.57 Å². The molecule has 0 radical (unpaired) electrons. The maximum atomic E-state index is 11.9. The summed E-state index contributed by atoms with van der Waals surface area (Å²) in [6.07, 6.45) is 2.73. The Balaban J connectivity index is 1.95. The predicted octanol–water partition coefficient (Wildman–Crippen LogP) is 1.29. The summed E-state index contributed by atoms with van der Waals surface area (Å²) in [4.78, 5) is 14.1. The molecule has 1 aromatic rings. The molecule has 1 amide bonds. The maximum Gasteiger partial charge on any atom is 0.246 e. The summed E-state index contributed by atoms with van der Waals surface area (Å²) >= 11 is 0. The van der Waals surface area contributed by atoms with E-state index in [4.69, 9.17) is 15.2 Å². The zero-order valence-electron chi connectivity index (χ0n) is 13.0. The van der Waals surface area contributed by atoms with Gasteiger partial charge in [-0.1, -0.05) is 36.4 Å². The summed E-state index contributed by atoms with van der Waals surface area (Å²) in [5.74, 6) is -1.00. The van der Waals surface area contributed by atoms with Crippen molar-refractivity contribution in [3.63, 3.8) is 0 Å². The third-order valence-corrected chi connectivity index (χ3v) is 4.71. The molecule has 4 rings (SSSR count). The first-order valence-corrected chi connectivity index (χ1v) is 7.49. The molecule has 5 heteroatoms.